The zero-order chi connectivity index (χ0) is 17.6. The molecule has 1 aromatic carbocycles. The van der Waals surface area contributed by atoms with Crippen LogP contribution in [-0.4, -0.2) is 57.1 Å². The molecule has 3 rings (SSSR count). The number of rotatable bonds is 8. The van der Waals surface area contributed by atoms with Gasteiger partial charge in [0.25, 0.3) is 5.91 Å². The van der Waals surface area contributed by atoms with Gasteiger partial charge in [0.2, 0.25) is 0 Å². The largest absolute Gasteiger partial charge is 0.394 e. The minimum absolute atomic E-state index is 0.0369. The lowest BCUT2D eigenvalue weighted by molar-refractivity contribution is 0.0851. The molecular formula is C16H17N5O4. The maximum atomic E-state index is 12.2. The Bertz CT molecular complexity index is 886. The number of aldehydes is 1. The van der Waals surface area contributed by atoms with E-state index >= 15 is 0 Å². The molecule has 0 fully saturated rings. The summed E-state index contributed by atoms with van der Waals surface area (Å²) >= 11 is 0. The number of nitrogens with zero attached hydrogens (tertiary/aromatic N) is 3. The minimum atomic E-state index is -0.381. The molecule has 0 aliphatic carbocycles. The number of amides is 1. The van der Waals surface area contributed by atoms with Gasteiger partial charge in [0, 0.05) is 16.6 Å². The van der Waals surface area contributed by atoms with E-state index in [4.69, 9.17) is 9.84 Å². The number of carbonyl (C=O) groups is 2. The monoisotopic (exact) mass is 343 g/mol. The average Bonchev–Trinajstić information content (AvgIpc) is 3.25. The standard InChI is InChI=1S/C16H17N5O4/c22-4-6-25-5-3-21-9-15(19-20-21)16(24)18-12-1-2-14-11(7-12)8-13(10-23)17-14/h1-2,7-10,17,22H,3-6H2,(H,18,24). The summed E-state index contributed by atoms with van der Waals surface area (Å²) in [5.74, 6) is -0.381. The van der Waals surface area contributed by atoms with Gasteiger partial charge < -0.3 is 20.1 Å². The van der Waals surface area contributed by atoms with Crippen LogP contribution in [0.4, 0.5) is 5.69 Å². The molecule has 9 nitrogen and oxygen atoms in total. The van der Waals surface area contributed by atoms with Crippen molar-refractivity contribution < 1.29 is 19.4 Å². The predicted octanol–water partition coefficient (Wildman–Crippen LogP) is 0.833. The number of H-pyrrole nitrogens is 1. The third-order valence-electron chi connectivity index (χ3n) is 3.50. The number of anilines is 1. The summed E-state index contributed by atoms with van der Waals surface area (Å²) in [6.07, 6.45) is 2.26. The van der Waals surface area contributed by atoms with Gasteiger partial charge in [-0.1, -0.05) is 5.21 Å². The van der Waals surface area contributed by atoms with E-state index in [2.05, 4.69) is 20.6 Å². The van der Waals surface area contributed by atoms with E-state index < -0.39 is 0 Å². The maximum Gasteiger partial charge on any atom is 0.277 e. The molecule has 3 aromatic rings. The highest BCUT2D eigenvalue weighted by Crippen LogP contribution is 2.20. The quantitative estimate of drug-likeness (QED) is 0.411. The summed E-state index contributed by atoms with van der Waals surface area (Å²) in [5.41, 5.74) is 2.07. The summed E-state index contributed by atoms with van der Waals surface area (Å²) < 4.78 is 6.64. The fourth-order valence-corrected chi connectivity index (χ4v) is 2.33. The number of aromatic nitrogens is 4. The summed E-state index contributed by atoms with van der Waals surface area (Å²) in [4.78, 5) is 26.0. The van der Waals surface area contributed by atoms with E-state index in [9.17, 15) is 9.59 Å². The number of aliphatic hydroxyl groups excluding tert-OH is 1. The Balaban J connectivity index is 1.63. The van der Waals surface area contributed by atoms with Crippen LogP contribution in [0.3, 0.4) is 0 Å². The second-order valence-electron chi connectivity index (χ2n) is 5.30. The molecule has 0 spiro atoms. The topological polar surface area (TPSA) is 122 Å². The smallest absolute Gasteiger partial charge is 0.277 e. The molecule has 0 atom stereocenters. The molecule has 9 heteroatoms. The molecule has 3 N–H and O–H groups in total. The normalized spacial score (nSPS) is 10.9. The van der Waals surface area contributed by atoms with E-state index in [0.717, 1.165) is 17.2 Å². The van der Waals surface area contributed by atoms with Crippen molar-refractivity contribution in [2.24, 2.45) is 0 Å². The fraction of sp³-hybridized carbons (Fsp3) is 0.250. The van der Waals surface area contributed by atoms with E-state index in [0.29, 0.717) is 24.5 Å². The Labute approximate surface area is 142 Å². The van der Waals surface area contributed by atoms with Crippen LogP contribution in [0.25, 0.3) is 10.9 Å². The lowest BCUT2D eigenvalue weighted by Crippen LogP contribution is -2.12. The molecule has 130 valence electrons. The van der Waals surface area contributed by atoms with Crippen molar-refractivity contribution in [1.29, 1.82) is 0 Å². The molecular weight excluding hydrogens is 326 g/mol. The maximum absolute atomic E-state index is 12.2. The zero-order valence-corrected chi connectivity index (χ0v) is 13.3. The van der Waals surface area contributed by atoms with Crippen LogP contribution in [-0.2, 0) is 11.3 Å². The van der Waals surface area contributed by atoms with Crippen molar-refractivity contribution in [3.05, 3.63) is 41.9 Å². The number of aliphatic hydroxyl groups is 1. The molecule has 0 saturated carbocycles. The highest BCUT2D eigenvalue weighted by molar-refractivity contribution is 6.03. The van der Waals surface area contributed by atoms with Crippen LogP contribution >= 0.6 is 0 Å². The summed E-state index contributed by atoms with van der Waals surface area (Å²) in [6, 6.07) is 7.00. The van der Waals surface area contributed by atoms with Crippen molar-refractivity contribution in [3.8, 4) is 0 Å². The van der Waals surface area contributed by atoms with Gasteiger partial charge in [-0.15, -0.1) is 5.10 Å². The number of ether oxygens (including phenoxy) is 1. The van der Waals surface area contributed by atoms with Crippen LogP contribution in [0.2, 0.25) is 0 Å². The first-order valence-electron chi connectivity index (χ1n) is 7.67. The number of hydrogen-bond donors (Lipinski definition) is 3. The second kappa shape index (κ2) is 7.69. The number of aromatic amines is 1. The molecule has 1 amide bonds. The first kappa shape index (κ1) is 16.8. The lowest BCUT2D eigenvalue weighted by Gasteiger charge is -2.03. The van der Waals surface area contributed by atoms with Crippen molar-refractivity contribution in [1.82, 2.24) is 20.0 Å². The Kier molecular flexibility index (Phi) is 5.17. The van der Waals surface area contributed by atoms with Crippen molar-refractivity contribution in [2.75, 3.05) is 25.1 Å². The third-order valence-corrected chi connectivity index (χ3v) is 3.50. The van der Waals surface area contributed by atoms with Crippen LogP contribution in [0, 0.1) is 0 Å². The first-order chi connectivity index (χ1) is 12.2. The van der Waals surface area contributed by atoms with Crippen molar-refractivity contribution in [3.63, 3.8) is 0 Å². The third kappa shape index (κ3) is 4.08. The minimum Gasteiger partial charge on any atom is -0.394 e. The van der Waals surface area contributed by atoms with Crippen LogP contribution < -0.4 is 5.32 Å². The van der Waals surface area contributed by atoms with Gasteiger partial charge in [-0.2, -0.15) is 0 Å². The molecule has 0 unspecified atom stereocenters. The number of nitrogens with one attached hydrogen (secondary N) is 2. The summed E-state index contributed by atoms with van der Waals surface area (Å²) in [7, 11) is 0. The highest BCUT2D eigenvalue weighted by Gasteiger charge is 2.12. The van der Waals surface area contributed by atoms with Gasteiger partial charge in [-0.25, -0.2) is 4.68 Å². The molecule has 2 aromatic heterocycles. The molecule has 0 saturated heterocycles. The van der Waals surface area contributed by atoms with Crippen LogP contribution in [0.1, 0.15) is 21.0 Å². The van der Waals surface area contributed by atoms with Gasteiger partial charge in [0.1, 0.15) is 0 Å². The molecule has 0 bridgehead atoms. The van der Waals surface area contributed by atoms with Gasteiger partial charge in [-0.3, -0.25) is 9.59 Å². The van der Waals surface area contributed by atoms with E-state index in [1.54, 1.807) is 24.3 Å². The van der Waals surface area contributed by atoms with Gasteiger partial charge in [0.05, 0.1) is 38.3 Å². The lowest BCUT2D eigenvalue weighted by atomic mass is 10.2. The number of fused-ring (bicyclic) bond motifs is 1. The van der Waals surface area contributed by atoms with E-state index in [1.165, 1.54) is 10.9 Å². The van der Waals surface area contributed by atoms with Gasteiger partial charge in [-0.05, 0) is 24.3 Å². The summed E-state index contributed by atoms with van der Waals surface area (Å²) in [6.45, 7) is 1.03. The number of benzene rings is 1. The van der Waals surface area contributed by atoms with E-state index in [1.807, 2.05) is 0 Å². The van der Waals surface area contributed by atoms with Gasteiger partial charge in [0.15, 0.2) is 12.0 Å². The molecule has 0 aliphatic heterocycles. The summed E-state index contributed by atoms with van der Waals surface area (Å²) in [5, 5.41) is 19.9. The molecule has 25 heavy (non-hydrogen) atoms. The SMILES string of the molecule is O=Cc1cc2cc(NC(=O)c3cn(CCOCCO)nn3)ccc2[nH]1. The molecule has 0 aliphatic rings. The Morgan fingerprint density at radius 3 is 3.04 bits per heavy atom. The molecule has 0 radical (unpaired) electrons. The van der Waals surface area contributed by atoms with Crippen LogP contribution in [0.15, 0.2) is 30.5 Å². The Morgan fingerprint density at radius 1 is 1.36 bits per heavy atom. The van der Waals surface area contributed by atoms with Crippen molar-refractivity contribution >= 4 is 28.8 Å². The van der Waals surface area contributed by atoms with Crippen molar-refractivity contribution in [2.45, 2.75) is 6.54 Å². The Hall–Kier alpha value is -3.04. The number of hydrogen-bond acceptors (Lipinski definition) is 6. The predicted molar refractivity (Wildman–Crippen MR) is 89.6 cm³/mol. The molecule has 2 heterocycles. The van der Waals surface area contributed by atoms with E-state index in [-0.39, 0.29) is 24.8 Å². The average molecular weight is 343 g/mol. The zero-order valence-electron chi connectivity index (χ0n) is 13.3. The second-order valence-corrected chi connectivity index (χ2v) is 5.30. The highest BCUT2D eigenvalue weighted by atomic mass is 16.5. The van der Waals surface area contributed by atoms with Crippen LogP contribution in [0.5, 0.6) is 0 Å². The fourth-order valence-electron chi connectivity index (χ4n) is 2.33. The first-order valence-corrected chi connectivity index (χ1v) is 7.67. The van der Waals surface area contributed by atoms with Gasteiger partial charge >= 0.3 is 0 Å². The number of carbonyl (C=O) groups excluding carboxylic acids is 2. The Morgan fingerprint density at radius 2 is 2.24 bits per heavy atom.